The van der Waals surface area contributed by atoms with Crippen LogP contribution >= 0.6 is 21.8 Å². The van der Waals surface area contributed by atoms with Crippen LogP contribution in [0.5, 0.6) is 0 Å². The van der Waals surface area contributed by atoms with E-state index in [2.05, 4.69) is 15.8 Å². The Morgan fingerprint density at radius 2 is 1.40 bits per heavy atom. The molecule has 0 unspecified atom stereocenters. The van der Waals surface area contributed by atoms with Gasteiger partial charge in [-0.2, -0.15) is 10.4 Å². The van der Waals surface area contributed by atoms with Crippen LogP contribution in [0.25, 0.3) is 0 Å². The lowest BCUT2D eigenvalue weighted by Crippen LogP contribution is -2.39. The van der Waals surface area contributed by atoms with Crippen LogP contribution in [-0.4, -0.2) is 12.3 Å². The summed E-state index contributed by atoms with van der Waals surface area (Å²) in [6.07, 6.45) is 11.1. The first kappa shape index (κ1) is 13.6. The SMILES string of the molecule is C1CCCCCSSNNNCCCC1. The van der Waals surface area contributed by atoms with E-state index < -0.39 is 0 Å². The lowest BCUT2D eigenvalue weighted by atomic mass is 10.1. The minimum Gasteiger partial charge on any atom is -0.243 e. The fraction of sp³-hybridized carbons (Fsp3) is 1.00. The van der Waals surface area contributed by atoms with Crippen molar-refractivity contribution < 1.29 is 0 Å². The van der Waals surface area contributed by atoms with Crippen LogP contribution in [0.4, 0.5) is 0 Å². The van der Waals surface area contributed by atoms with Crippen LogP contribution < -0.4 is 15.8 Å². The predicted molar refractivity (Wildman–Crippen MR) is 71.3 cm³/mol. The maximum absolute atomic E-state index is 3.16. The van der Waals surface area contributed by atoms with Gasteiger partial charge in [0, 0.05) is 23.3 Å². The fourth-order valence-corrected chi connectivity index (χ4v) is 3.11. The van der Waals surface area contributed by atoms with Gasteiger partial charge in [0.15, 0.2) is 0 Å². The molecule has 0 aliphatic carbocycles. The van der Waals surface area contributed by atoms with Crippen LogP contribution in [-0.2, 0) is 0 Å². The molecule has 90 valence electrons. The molecule has 1 aliphatic heterocycles. The second-order valence-electron chi connectivity index (χ2n) is 3.89. The highest BCUT2D eigenvalue weighted by Crippen LogP contribution is 2.19. The highest BCUT2D eigenvalue weighted by atomic mass is 33.1. The number of rotatable bonds is 0. The summed E-state index contributed by atoms with van der Waals surface area (Å²) in [6, 6.07) is 0. The summed E-state index contributed by atoms with van der Waals surface area (Å²) in [4.78, 5) is 3.07. The van der Waals surface area contributed by atoms with Gasteiger partial charge in [0.25, 0.3) is 0 Å². The predicted octanol–water partition coefficient (Wildman–Crippen LogP) is 3.02. The zero-order chi connectivity index (χ0) is 10.6. The number of nitrogens with one attached hydrogen (secondary N) is 3. The number of hydrazine groups is 2. The van der Waals surface area contributed by atoms with Crippen molar-refractivity contribution in [3.05, 3.63) is 0 Å². The summed E-state index contributed by atoms with van der Waals surface area (Å²) in [5, 5.41) is 0. The topological polar surface area (TPSA) is 36.1 Å². The molecule has 0 spiro atoms. The van der Waals surface area contributed by atoms with Gasteiger partial charge in [-0.15, -0.1) is 0 Å². The van der Waals surface area contributed by atoms with E-state index in [1.165, 1.54) is 57.1 Å². The monoisotopic (exact) mass is 249 g/mol. The summed E-state index contributed by atoms with van der Waals surface area (Å²) in [5.74, 6) is 1.25. The molecule has 0 amide bonds. The molecule has 3 N–H and O–H groups in total. The third-order valence-corrected chi connectivity index (χ3v) is 4.38. The van der Waals surface area contributed by atoms with E-state index in [9.17, 15) is 0 Å². The van der Waals surface area contributed by atoms with Crippen molar-refractivity contribution >= 4 is 21.8 Å². The first-order valence-corrected chi connectivity index (χ1v) is 8.33. The van der Waals surface area contributed by atoms with Crippen molar-refractivity contribution in [3.63, 3.8) is 0 Å². The zero-order valence-electron chi connectivity index (χ0n) is 9.39. The number of hydrogen-bond acceptors (Lipinski definition) is 5. The highest BCUT2D eigenvalue weighted by Gasteiger charge is 1.95. The van der Waals surface area contributed by atoms with Crippen molar-refractivity contribution in [1.82, 2.24) is 15.8 Å². The summed E-state index contributed by atoms with van der Waals surface area (Å²) >= 11 is 0. The Kier molecular flexibility index (Phi) is 10.1. The molecular weight excluding hydrogens is 226 g/mol. The van der Waals surface area contributed by atoms with E-state index in [0.717, 1.165) is 6.54 Å². The van der Waals surface area contributed by atoms with Gasteiger partial charge in [0.05, 0.1) is 0 Å². The Morgan fingerprint density at radius 1 is 0.733 bits per heavy atom. The van der Waals surface area contributed by atoms with Gasteiger partial charge < -0.3 is 0 Å². The zero-order valence-corrected chi connectivity index (χ0v) is 11.0. The van der Waals surface area contributed by atoms with Gasteiger partial charge in [-0.1, -0.05) is 49.3 Å². The molecule has 1 aliphatic rings. The quantitative estimate of drug-likeness (QED) is 0.454. The van der Waals surface area contributed by atoms with E-state index in [1.54, 1.807) is 11.0 Å². The maximum atomic E-state index is 3.16. The molecule has 0 atom stereocenters. The van der Waals surface area contributed by atoms with Crippen LogP contribution in [0.15, 0.2) is 0 Å². The van der Waals surface area contributed by atoms with Gasteiger partial charge in [-0.05, 0) is 12.8 Å². The minimum absolute atomic E-state index is 1.05. The van der Waals surface area contributed by atoms with E-state index in [1.807, 2.05) is 10.8 Å². The smallest absolute Gasteiger partial charge is 0.0113 e. The summed E-state index contributed by atoms with van der Waals surface area (Å²) < 4.78 is 0. The first-order chi connectivity index (χ1) is 7.50. The van der Waals surface area contributed by atoms with Crippen LogP contribution in [0.1, 0.15) is 51.4 Å². The minimum atomic E-state index is 1.05. The third kappa shape index (κ3) is 9.51. The molecule has 0 saturated carbocycles. The maximum Gasteiger partial charge on any atom is 0.0113 e. The van der Waals surface area contributed by atoms with Crippen LogP contribution in [0, 0.1) is 0 Å². The Labute approximate surface area is 101 Å². The number of hydrogen-bond donors (Lipinski definition) is 3. The van der Waals surface area contributed by atoms with Crippen molar-refractivity contribution in [1.29, 1.82) is 0 Å². The second-order valence-corrected chi connectivity index (χ2v) is 6.11. The van der Waals surface area contributed by atoms with Gasteiger partial charge in [-0.25, -0.2) is 5.43 Å². The molecule has 1 rings (SSSR count). The van der Waals surface area contributed by atoms with Crippen molar-refractivity contribution in [2.45, 2.75) is 51.4 Å². The Hall–Kier alpha value is 0.580. The summed E-state index contributed by atoms with van der Waals surface area (Å²) in [5.41, 5.74) is 6.16. The molecule has 0 aromatic heterocycles. The fourth-order valence-electron chi connectivity index (χ4n) is 1.63. The molecule has 1 saturated heterocycles. The summed E-state index contributed by atoms with van der Waals surface area (Å²) in [6.45, 7) is 1.05. The van der Waals surface area contributed by atoms with Gasteiger partial charge in [0.2, 0.25) is 0 Å². The Balaban J connectivity index is 2.01. The average Bonchev–Trinajstić information content (AvgIpc) is 2.27. The van der Waals surface area contributed by atoms with Crippen molar-refractivity contribution in [2.24, 2.45) is 0 Å². The Morgan fingerprint density at radius 3 is 2.20 bits per heavy atom. The second kappa shape index (κ2) is 11.1. The van der Waals surface area contributed by atoms with Crippen LogP contribution in [0.2, 0.25) is 0 Å². The largest absolute Gasteiger partial charge is 0.243 e. The lowest BCUT2D eigenvalue weighted by molar-refractivity contribution is 0.491. The van der Waals surface area contributed by atoms with Gasteiger partial charge in [0.1, 0.15) is 0 Å². The van der Waals surface area contributed by atoms with Gasteiger partial charge in [-0.3, -0.25) is 0 Å². The van der Waals surface area contributed by atoms with Gasteiger partial charge >= 0.3 is 0 Å². The molecule has 0 radical (unpaired) electrons. The molecular formula is C10H23N3S2. The molecule has 5 heteroatoms. The molecule has 1 fully saturated rings. The van der Waals surface area contributed by atoms with E-state index >= 15 is 0 Å². The summed E-state index contributed by atoms with van der Waals surface area (Å²) in [7, 11) is 3.57. The molecule has 0 bridgehead atoms. The van der Waals surface area contributed by atoms with Crippen molar-refractivity contribution in [2.75, 3.05) is 12.3 Å². The first-order valence-electron chi connectivity index (χ1n) is 6.01. The molecule has 0 aromatic carbocycles. The molecule has 1 heterocycles. The molecule has 15 heavy (non-hydrogen) atoms. The van der Waals surface area contributed by atoms with E-state index in [-0.39, 0.29) is 0 Å². The third-order valence-electron chi connectivity index (χ3n) is 2.52. The van der Waals surface area contributed by atoms with Crippen molar-refractivity contribution in [3.8, 4) is 0 Å². The van der Waals surface area contributed by atoms with Crippen LogP contribution in [0.3, 0.4) is 0 Å². The van der Waals surface area contributed by atoms with E-state index in [0.29, 0.717) is 0 Å². The van der Waals surface area contributed by atoms with E-state index in [4.69, 9.17) is 0 Å². The Bertz CT molecular complexity index is 77.2. The standard InChI is InChI=1S/C10H23N3S2/c1-2-4-6-8-10-14-15-13-12-11-9-7-5-3-1/h11-13H,1-10H2. The molecule has 0 aromatic rings. The average molecular weight is 249 g/mol. The molecule has 3 nitrogen and oxygen atoms in total. The lowest BCUT2D eigenvalue weighted by Gasteiger charge is -2.06. The highest BCUT2D eigenvalue weighted by molar-refractivity contribution is 8.75. The normalized spacial score (nSPS) is 24.0.